The van der Waals surface area contributed by atoms with Gasteiger partial charge in [0.05, 0.1) is 12.7 Å². The molecular formula is C20H25N3O3. The van der Waals surface area contributed by atoms with Gasteiger partial charge in [0.25, 0.3) is 5.91 Å². The number of carbonyl (C=O) groups is 1. The van der Waals surface area contributed by atoms with E-state index in [0.29, 0.717) is 26.2 Å². The van der Waals surface area contributed by atoms with Gasteiger partial charge in [-0.05, 0) is 29.8 Å². The Balaban J connectivity index is 1.78. The number of carbonyl (C=O) groups excluding carboxylic acids is 1. The molecule has 0 spiro atoms. The molecule has 1 unspecified atom stereocenters. The Hall–Kier alpha value is -2.41. The summed E-state index contributed by atoms with van der Waals surface area (Å²) in [4.78, 5) is 15.8. The fourth-order valence-electron chi connectivity index (χ4n) is 3.03. The minimum absolute atomic E-state index is 0.0244. The second kappa shape index (κ2) is 8.80. The van der Waals surface area contributed by atoms with Gasteiger partial charge in [0.2, 0.25) is 0 Å². The zero-order valence-electron chi connectivity index (χ0n) is 14.8. The van der Waals surface area contributed by atoms with Crippen LogP contribution in [0.2, 0.25) is 0 Å². The number of nitrogens with zero attached hydrogens (tertiary/aromatic N) is 2. The van der Waals surface area contributed by atoms with E-state index in [1.54, 1.807) is 4.90 Å². The smallest absolute Gasteiger partial charge is 0.253 e. The molecule has 2 aromatic carbocycles. The van der Waals surface area contributed by atoms with Gasteiger partial charge in [-0.3, -0.25) is 4.79 Å². The van der Waals surface area contributed by atoms with Crippen molar-refractivity contribution in [3.63, 3.8) is 0 Å². The van der Waals surface area contributed by atoms with E-state index in [2.05, 4.69) is 17.0 Å². The van der Waals surface area contributed by atoms with Crippen LogP contribution in [0.3, 0.4) is 0 Å². The van der Waals surface area contributed by atoms with Crippen LogP contribution >= 0.6 is 0 Å². The first-order chi connectivity index (χ1) is 12.7. The molecule has 1 aliphatic heterocycles. The molecule has 138 valence electrons. The highest BCUT2D eigenvalue weighted by Gasteiger charge is 2.20. The molecule has 6 heteroatoms. The number of benzene rings is 2. The first-order valence-electron chi connectivity index (χ1n) is 8.82. The third kappa shape index (κ3) is 4.60. The van der Waals surface area contributed by atoms with Crippen LogP contribution in [0.4, 0.5) is 11.4 Å². The molecule has 6 nitrogen and oxygen atoms in total. The van der Waals surface area contributed by atoms with Gasteiger partial charge in [0, 0.05) is 37.6 Å². The Morgan fingerprint density at radius 3 is 2.54 bits per heavy atom. The van der Waals surface area contributed by atoms with Crippen molar-refractivity contribution in [2.45, 2.75) is 12.6 Å². The summed E-state index contributed by atoms with van der Waals surface area (Å²) in [6.07, 6.45) is -0.598. The van der Waals surface area contributed by atoms with E-state index in [1.807, 2.05) is 42.5 Å². The lowest BCUT2D eigenvalue weighted by Gasteiger charge is -2.29. The van der Waals surface area contributed by atoms with Gasteiger partial charge in [-0.25, -0.2) is 0 Å². The van der Waals surface area contributed by atoms with Crippen LogP contribution in [-0.2, 0) is 16.1 Å². The Morgan fingerprint density at radius 1 is 1.15 bits per heavy atom. The number of nitrogens with two attached hydrogens (primary N) is 1. The monoisotopic (exact) mass is 355 g/mol. The van der Waals surface area contributed by atoms with Crippen LogP contribution in [0.25, 0.3) is 0 Å². The lowest BCUT2D eigenvalue weighted by Crippen LogP contribution is -2.41. The van der Waals surface area contributed by atoms with E-state index in [4.69, 9.17) is 10.5 Å². The van der Waals surface area contributed by atoms with E-state index in [-0.39, 0.29) is 19.1 Å². The van der Waals surface area contributed by atoms with Crippen LogP contribution in [0.1, 0.15) is 5.56 Å². The van der Waals surface area contributed by atoms with Crippen LogP contribution in [0.15, 0.2) is 54.6 Å². The summed E-state index contributed by atoms with van der Waals surface area (Å²) in [6.45, 7) is 2.58. The molecule has 1 atom stereocenters. The summed E-state index contributed by atoms with van der Waals surface area (Å²) >= 11 is 0. The Morgan fingerprint density at radius 2 is 1.88 bits per heavy atom. The molecule has 0 aliphatic carbocycles. The van der Waals surface area contributed by atoms with Gasteiger partial charge in [-0.1, -0.05) is 30.3 Å². The largest absolute Gasteiger partial charge is 0.390 e. The van der Waals surface area contributed by atoms with Crippen molar-refractivity contribution in [3.8, 4) is 0 Å². The number of aliphatic hydroxyl groups is 1. The molecule has 1 fully saturated rings. The highest BCUT2D eigenvalue weighted by molar-refractivity contribution is 5.95. The normalized spacial score (nSPS) is 15.8. The van der Waals surface area contributed by atoms with E-state index in [1.165, 1.54) is 0 Å². The van der Waals surface area contributed by atoms with Crippen molar-refractivity contribution < 1.29 is 14.6 Å². The quantitative estimate of drug-likeness (QED) is 0.784. The third-order valence-corrected chi connectivity index (χ3v) is 4.43. The van der Waals surface area contributed by atoms with Crippen LogP contribution in [0.5, 0.6) is 0 Å². The molecule has 1 aliphatic rings. The summed E-state index contributed by atoms with van der Waals surface area (Å²) in [5, 5.41) is 10.0. The fraction of sp³-hybridized carbons (Fsp3) is 0.350. The van der Waals surface area contributed by atoms with Crippen molar-refractivity contribution in [2.24, 2.45) is 5.73 Å². The summed E-state index contributed by atoms with van der Waals surface area (Å²) in [6, 6.07) is 17.9. The fourth-order valence-corrected chi connectivity index (χ4v) is 3.03. The number of rotatable bonds is 7. The molecule has 1 amide bonds. The van der Waals surface area contributed by atoms with E-state index >= 15 is 0 Å². The van der Waals surface area contributed by atoms with Gasteiger partial charge in [-0.15, -0.1) is 0 Å². The number of aliphatic hydroxyl groups excluding tert-OH is 1. The molecule has 0 bridgehead atoms. The van der Waals surface area contributed by atoms with Gasteiger partial charge < -0.3 is 25.4 Å². The Kier molecular flexibility index (Phi) is 6.22. The number of hydrogen-bond donors (Lipinski definition) is 2. The number of morpholine rings is 1. The van der Waals surface area contributed by atoms with Crippen molar-refractivity contribution in [3.05, 3.63) is 60.2 Å². The second-order valence-corrected chi connectivity index (χ2v) is 6.37. The lowest BCUT2D eigenvalue weighted by atomic mass is 10.1. The molecular weight excluding hydrogens is 330 g/mol. The average Bonchev–Trinajstić information content (AvgIpc) is 2.69. The lowest BCUT2D eigenvalue weighted by molar-refractivity contribution is -0.125. The molecule has 1 saturated heterocycles. The van der Waals surface area contributed by atoms with Crippen molar-refractivity contribution >= 4 is 17.3 Å². The van der Waals surface area contributed by atoms with Crippen molar-refractivity contribution in [2.75, 3.05) is 42.6 Å². The minimum Gasteiger partial charge on any atom is -0.390 e. The first kappa shape index (κ1) is 18.4. The number of amides is 1. The predicted octanol–water partition coefficient (Wildman–Crippen LogP) is 1.38. The van der Waals surface area contributed by atoms with Crippen LogP contribution < -0.4 is 15.5 Å². The molecule has 2 aromatic rings. The number of ether oxygens (including phenoxy) is 1. The van der Waals surface area contributed by atoms with Crippen molar-refractivity contribution in [1.29, 1.82) is 0 Å². The van der Waals surface area contributed by atoms with Gasteiger partial charge in [-0.2, -0.15) is 0 Å². The maximum atomic E-state index is 12.0. The third-order valence-electron chi connectivity index (χ3n) is 4.43. The second-order valence-electron chi connectivity index (χ2n) is 6.37. The Labute approximate surface area is 153 Å². The number of anilines is 2. The maximum absolute atomic E-state index is 12.0. The highest BCUT2D eigenvalue weighted by Crippen LogP contribution is 2.23. The molecule has 0 saturated carbocycles. The zero-order chi connectivity index (χ0) is 18.4. The average molecular weight is 355 g/mol. The van der Waals surface area contributed by atoms with Crippen LogP contribution in [-0.4, -0.2) is 50.0 Å². The van der Waals surface area contributed by atoms with Gasteiger partial charge in [0.15, 0.2) is 0 Å². The zero-order valence-corrected chi connectivity index (χ0v) is 14.8. The molecule has 26 heavy (non-hydrogen) atoms. The van der Waals surface area contributed by atoms with Gasteiger partial charge in [0.1, 0.15) is 6.61 Å². The predicted molar refractivity (Wildman–Crippen MR) is 102 cm³/mol. The summed E-state index contributed by atoms with van der Waals surface area (Å²) in [5.74, 6) is -0.0244. The summed E-state index contributed by atoms with van der Waals surface area (Å²) < 4.78 is 5.18. The summed E-state index contributed by atoms with van der Waals surface area (Å²) in [7, 11) is 0. The van der Waals surface area contributed by atoms with Crippen molar-refractivity contribution in [1.82, 2.24) is 0 Å². The molecule has 3 rings (SSSR count). The standard InChI is InChI=1S/C20H25N3O3/c21-12-19(24)14-22(13-16-4-2-1-3-5-16)17-6-8-18(9-7-17)23-10-11-26-15-20(23)25/h1-9,19,24H,10-15,21H2. The van der Waals surface area contributed by atoms with E-state index in [0.717, 1.165) is 16.9 Å². The molecule has 1 heterocycles. The molecule has 3 N–H and O–H groups in total. The minimum atomic E-state index is -0.598. The maximum Gasteiger partial charge on any atom is 0.253 e. The van der Waals surface area contributed by atoms with E-state index < -0.39 is 6.10 Å². The molecule has 0 radical (unpaired) electrons. The highest BCUT2D eigenvalue weighted by atomic mass is 16.5. The first-order valence-corrected chi connectivity index (χ1v) is 8.82. The Bertz CT molecular complexity index is 706. The topological polar surface area (TPSA) is 79.0 Å². The van der Waals surface area contributed by atoms with Gasteiger partial charge >= 0.3 is 0 Å². The van der Waals surface area contributed by atoms with E-state index in [9.17, 15) is 9.90 Å². The van der Waals surface area contributed by atoms with Crippen LogP contribution in [0, 0.1) is 0 Å². The summed E-state index contributed by atoms with van der Waals surface area (Å²) in [5.41, 5.74) is 8.59. The number of hydrogen-bond acceptors (Lipinski definition) is 5. The molecule has 0 aromatic heterocycles. The SMILES string of the molecule is NCC(O)CN(Cc1ccccc1)c1ccc(N2CCOCC2=O)cc1.